The van der Waals surface area contributed by atoms with Gasteiger partial charge in [0.15, 0.2) is 0 Å². The second kappa shape index (κ2) is 3.74. The van der Waals surface area contributed by atoms with E-state index in [1.807, 2.05) is 0 Å². The predicted molar refractivity (Wildman–Crippen MR) is 50.6 cm³/mol. The van der Waals surface area contributed by atoms with Crippen molar-refractivity contribution in [2.45, 2.75) is 40.0 Å². The van der Waals surface area contributed by atoms with Crippen molar-refractivity contribution < 1.29 is 5.21 Å². The lowest BCUT2D eigenvalue weighted by Gasteiger charge is -2.22. The molecular weight excluding hydrogens is 150 g/mol. The lowest BCUT2D eigenvalue weighted by Crippen LogP contribution is -2.16. The molecule has 0 saturated heterocycles. The van der Waals surface area contributed by atoms with Gasteiger partial charge in [0.1, 0.15) is 0 Å². The summed E-state index contributed by atoms with van der Waals surface area (Å²) in [4.78, 5) is 0. The van der Waals surface area contributed by atoms with E-state index in [4.69, 9.17) is 5.21 Å². The van der Waals surface area contributed by atoms with E-state index in [0.29, 0.717) is 5.92 Å². The molecule has 0 unspecified atom stereocenters. The molecule has 0 aromatic carbocycles. The van der Waals surface area contributed by atoms with Gasteiger partial charge in [-0.2, -0.15) is 0 Å². The summed E-state index contributed by atoms with van der Waals surface area (Å²) < 4.78 is 0. The quantitative estimate of drug-likeness (QED) is 0.436. The predicted octanol–water partition coefficient (Wildman–Crippen LogP) is 2.97. The first-order valence-corrected chi connectivity index (χ1v) is 4.52. The number of hydrogen-bond donors (Lipinski definition) is 1. The van der Waals surface area contributed by atoms with Gasteiger partial charge in [-0.15, -0.1) is 0 Å². The highest BCUT2D eigenvalue weighted by atomic mass is 16.4. The van der Waals surface area contributed by atoms with Crippen molar-refractivity contribution >= 4 is 5.71 Å². The van der Waals surface area contributed by atoms with Crippen LogP contribution in [-0.4, -0.2) is 10.9 Å². The first-order chi connectivity index (χ1) is 5.65. The Kier molecular flexibility index (Phi) is 2.90. The van der Waals surface area contributed by atoms with E-state index in [1.165, 1.54) is 17.6 Å². The second-order valence-electron chi connectivity index (χ2n) is 3.87. The van der Waals surface area contributed by atoms with Crippen LogP contribution in [0.1, 0.15) is 40.0 Å². The molecular formula is C10H17NO. The molecule has 0 aliphatic heterocycles. The molecule has 1 atom stereocenters. The van der Waals surface area contributed by atoms with Crippen LogP contribution in [-0.2, 0) is 0 Å². The maximum atomic E-state index is 8.78. The number of rotatable bonds is 0. The molecule has 1 rings (SSSR count). The van der Waals surface area contributed by atoms with Gasteiger partial charge in [0.25, 0.3) is 0 Å². The standard InChI is InChI=1S/C10H17NO/c1-7(2)9-5-4-8(3)6-10(9)11-12/h8,12H,4-6H2,1-3H3/b11-10+/t8-/m0/s1. The fraction of sp³-hybridized carbons (Fsp3) is 0.700. The summed E-state index contributed by atoms with van der Waals surface area (Å²) in [6.07, 6.45) is 3.22. The molecule has 1 N–H and O–H groups in total. The minimum atomic E-state index is 0.666. The Morgan fingerprint density at radius 2 is 2.17 bits per heavy atom. The van der Waals surface area contributed by atoms with E-state index in [0.717, 1.165) is 18.6 Å². The molecule has 0 aromatic rings. The molecule has 1 aliphatic rings. The molecule has 0 spiro atoms. The molecule has 0 bridgehead atoms. The third-order valence-electron chi connectivity index (χ3n) is 2.50. The van der Waals surface area contributed by atoms with Crippen molar-refractivity contribution in [2.24, 2.45) is 11.1 Å². The van der Waals surface area contributed by atoms with Gasteiger partial charge in [0, 0.05) is 0 Å². The highest BCUT2D eigenvalue weighted by molar-refractivity contribution is 6.01. The van der Waals surface area contributed by atoms with Gasteiger partial charge in [0.05, 0.1) is 5.71 Å². The van der Waals surface area contributed by atoms with Crippen molar-refractivity contribution in [2.75, 3.05) is 0 Å². The molecule has 0 heterocycles. The first-order valence-electron chi connectivity index (χ1n) is 4.52. The monoisotopic (exact) mass is 167 g/mol. The fourth-order valence-corrected chi connectivity index (χ4v) is 1.73. The van der Waals surface area contributed by atoms with E-state index in [-0.39, 0.29) is 0 Å². The highest BCUT2D eigenvalue weighted by Gasteiger charge is 2.19. The van der Waals surface area contributed by atoms with Gasteiger partial charge in [0.2, 0.25) is 0 Å². The lowest BCUT2D eigenvalue weighted by molar-refractivity contribution is 0.314. The summed E-state index contributed by atoms with van der Waals surface area (Å²) >= 11 is 0. The summed E-state index contributed by atoms with van der Waals surface area (Å²) in [7, 11) is 0. The van der Waals surface area contributed by atoms with Gasteiger partial charge in [-0.05, 0) is 44.6 Å². The number of nitrogens with zero attached hydrogens (tertiary/aromatic N) is 1. The van der Waals surface area contributed by atoms with Gasteiger partial charge in [-0.25, -0.2) is 0 Å². The SMILES string of the molecule is CC(C)=C1CC[C@H](C)C/C1=N\O. The van der Waals surface area contributed by atoms with E-state index in [2.05, 4.69) is 25.9 Å². The van der Waals surface area contributed by atoms with Crippen molar-refractivity contribution in [1.29, 1.82) is 0 Å². The summed E-state index contributed by atoms with van der Waals surface area (Å²) in [5.41, 5.74) is 3.44. The smallest absolute Gasteiger partial charge is 0.0829 e. The lowest BCUT2D eigenvalue weighted by atomic mass is 9.84. The molecule has 68 valence electrons. The summed E-state index contributed by atoms with van der Waals surface area (Å²) in [5, 5.41) is 12.1. The Morgan fingerprint density at radius 1 is 1.50 bits per heavy atom. The van der Waals surface area contributed by atoms with E-state index in [1.54, 1.807) is 0 Å². The molecule has 0 radical (unpaired) electrons. The van der Waals surface area contributed by atoms with E-state index < -0.39 is 0 Å². The van der Waals surface area contributed by atoms with Crippen molar-refractivity contribution in [3.05, 3.63) is 11.1 Å². The normalized spacial score (nSPS) is 27.8. The minimum Gasteiger partial charge on any atom is -0.411 e. The zero-order valence-corrected chi connectivity index (χ0v) is 8.09. The molecule has 1 saturated carbocycles. The Morgan fingerprint density at radius 3 is 2.67 bits per heavy atom. The van der Waals surface area contributed by atoms with Gasteiger partial charge in [-0.1, -0.05) is 17.7 Å². The summed E-state index contributed by atoms with van der Waals surface area (Å²) in [5.74, 6) is 0.666. The Balaban J connectivity index is 2.85. The van der Waals surface area contributed by atoms with Crippen molar-refractivity contribution in [3.8, 4) is 0 Å². The number of hydrogen-bond acceptors (Lipinski definition) is 2. The Hall–Kier alpha value is -0.790. The van der Waals surface area contributed by atoms with Gasteiger partial charge in [-0.3, -0.25) is 0 Å². The Bertz CT molecular complexity index is 224. The third-order valence-corrected chi connectivity index (χ3v) is 2.50. The number of oxime groups is 1. The average Bonchev–Trinajstić information content (AvgIpc) is 2.03. The van der Waals surface area contributed by atoms with E-state index >= 15 is 0 Å². The first kappa shape index (κ1) is 9.30. The largest absolute Gasteiger partial charge is 0.411 e. The maximum Gasteiger partial charge on any atom is 0.0829 e. The number of allylic oxidation sites excluding steroid dienone is 2. The molecule has 2 nitrogen and oxygen atoms in total. The molecule has 0 aromatic heterocycles. The van der Waals surface area contributed by atoms with Crippen LogP contribution >= 0.6 is 0 Å². The molecule has 1 aliphatic carbocycles. The summed E-state index contributed by atoms with van der Waals surface area (Å²) in [6.45, 7) is 6.36. The van der Waals surface area contributed by atoms with Crippen LogP contribution in [0.15, 0.2) is 16.3 Å². The average molecular weight is 167 g/mol. The van der Waals surface area contributed by atoms with Crippen LogP contribution in [0.2, 0.25) is 0 Å². The third kappa shape index (κ3) is 1.87. The van der Waals surface area contributed by atoms with Crippen LogP contribution in [0.25, 0.3) is 0 Å². The van der Waals surface area contributed by atoms with Crippen LogP contribution in [0.5, 0.6) is 0 Å². The second-order valence-corrected chi connectivity index (χ2v) is 3.87. The fourth-order valence-electron chi connectivity index (χ4n) is 1.73. The van der Waals surface area contributed by atoms with Crippen LogP contribution in [0.4, 0.5) is 0 Å². The maximum absolute atomic E-state index is 8.78. The molecule has 12 heavy (non-hydrogen) atoms. The minimum absolute atomic E-state index is 0.666. The highest BCUT2D eigenvalue weighted by Crippen LogP contribution is 2.27. The van der Waals surface area contributed by atoms with E-state index in [9.17, 15) is 0 Å². The topological polar surface area (TPSA) is 32.6 Å². The Labute approximate surface area is 74.0 Å². The van der Waals surface area contributed by atoms with Crippen LogP contribution < -0.4 is 0 Å². The van der Waals surface area contributed by atoms with Crippen molar-refractivity contribution in [3.63, 3.8) is 0 Å². The summed E-state index contributed by atoms with van der Waals surface area (Å²) in [6, 6.07) is 0. The van der Waals surface area contributed by atoms with Crippen LogP contribution in [0, 0.1) is 5.92 Å². The van der Waals surface area contributed by atoms with Gasteiger partial charge < -0.3 is 5.21 Å². The zero-order valence-electron chi connectivity index (χ0n) is 8.09. The van der Waals surface area contributed by atoms with Crippen molar-refractivity contribution in [1.82, 2.24) is 0 Å². The zero-order chi connectivity index (χ0) is 9.14. The van der Waals surface area contributed by atoms with Crippen LogP contribution in [0.3, 0.4) is 0 Å². The van der Waals surface area contributed by atoms with Gasteiger partial charge >= 0.3 is 0 Å². The molecule has 0 amide bonds. The molecule has 2 heteroatoms. The molecule has 1 fully saturated rings.